The number of sulfonamides is 1. The van der Waals surface area contributed by atoms with Crippen LogP contribution in [-0.2, 0) is 14.8 Å². The van der Waals surface area contributed by atoms with Crippen molar-refractivity contribution < 1.29 is 22.7 Å². The molecular formula is C10H13FN2O4S. The number of carbonyl (C=O) groups is 1. The van der Waals surface area contributed by atoms with E-state index in [4.69, 9.17) is 5.11 Å². The molecule has 1 aromatic rings. The first kappa shape index (κ1) is 14.5. The number of carboxylic acid groups (broad SMARTS) is 1. The molecule has 0 radical (unpaired) electrons. The molecule has 0 unspecified atom stereocenters. The van der Waals surface area contributed by atoms with Crippen molar-refractivity contribution >= 4 is 16.0 Å². The zero-order chi connectivity index (χ0) is 14.0. The average molecular weight is 276 g/mol. The van der Waals surface area contributed by atoms with Crippen LogP contribution in [0.25, 0.3) is 0 Å². The first-order chi connectivity index (χ1) is 8.17. The fourth-order valence-electron chi connectivity index (χ4n) is 0.988. The van der Waals surface area contributed by atoms with Gasteiger partial charge in [-0.15, -0.1) is 0 Å². The van der Waals surface area contributed by atoms with Crippen molar-refractivity contribution in [2.45, 2.75) is 18.9 Å². The van der Waals surface area contributed by atoms with Gasteiger partial charge in [0.1, 0.15) is 0 Å². The molecule has 0 atom stereocenters. The Kier molecular flexibility index (Phi) is 4.02. The van der Waals surface area contributed by atoms with E-state index in [2.05, 4.69) is 4.98 Å². The number of pyridine rings is 1. The lowest BCUT2D eigenvalue weighted by Gasteiger charge is -2.19. The van der Waals surface area contributed by atoms with Crippen LogP contribution in [0.1, 0.15) is 13.8 Å². The van der Waals surface area contributed by atoms with Crippen molar-refractivity contribution in [1.29, 1.82) is 0 Å². The van der Waals surface area contributed by atoms with E-state index in [9.17, 15) is 17.6 Å². The van der Waals surface area contributed by atoms with E-state index in [0.29, 0.717) is 0 Å². The van der Waals surface area contributed by atoms with Crippen molar-refractivity contribution in [3.05, 3.63) is 24.1 Å². The molecule has 6 nitrogen and oxygen atoms in total. The van der Waals surface area contributed by atoms with E-state index in [1.807, 2.05) is 4.72 Å². The number of aromatic nitrogens is 1. The van der Waals surface area contributed by atoms with Crippen molar-refractivity contribution in [3.8, 4) is 0 Å². The lowest BCUT2D eigenvalue weighted by molar-refractivity contribution is -0.146. The molecule has 0 saturated carbocycles. The fourth-order valence-corrected chi connectivity index (χ4v) is 2.20. The van der Waals surface area contributed by atoms with Gasteiger partial charge in [0.15, 0.2) is 5.82 Å². The molecular weight excluding hydrogens is 263 g/mol. The quantitative estimate of drug-likeness (QED) is 0.821. The molecule has 1 rings (SSSR count). The van der Waals surface area contributed by atoms with E-state index < -0.39 is 32.3 Å². The highest BCUT2D eigenvalue weighted by Gasteiger charge is 2.30. The monoisotopic (exact) mass is 276 g/mol. The predicted octanol–water partition coefficient (Wildman–Crippen LogP) is 0.610. The van der Waals surface area contributed by atoms with Gasteiger partial charge < -0.3 is 5.11 Å². The van der Waals surface area contributed by atoms with E-state index in [1.165, 1.54) is 19.9 Å². The van der Waals surface area contributed by atoms with E-state index in [1.54, 1.807) is 0 Å². The van der Waals surface area contributed by atoms with Crippen LogP contribution in [0, 0.1) is 11.2 Å². The standard InChI is InChI=1S/C10H13FN2O4S/c1-10(2,9(14)15)6-13-18(16,17)8-7(11)4-3-5-12-8/h3-5,13H,6H2,1-2H3,(H,14,15). The molecule has 0 bridgehead atoms. The van der Waals surface area contributed by atoms with Crippen LogP contribution in [0.15, 0.2) is 23.4 Å². The highest BCUT2D eigenvalue weighted by molar-refractivity contribution is 7.89. The highest BCUT2D eigenvalue weighted by atomic mass is 32.2. The van der Waals surface area contributed by atoms with Crippen LogP contribution in [-0.4, -0.2) is 31.0 Å². The number of aliphatic carboxylic acids is 1. The molecule has 2 N–H and O–H groups in total. The zero-order valence-electron chi connectivity index (χ0n) is 9.84. The predicted molar refractivity (Wildman–Crippen MR) is 60.8 cm³/mol. The van der Waals surface area contributed by atoms with Crippen molar-refractivity contribution in [2.75, 3.05) is 6.54 Å². The Morgan fingerprint density at radius 2 is 2.17 bits per heavy atom. The molecule has 18 heavy (non-hydrogen) atoms. The Balaban J connectivity index is 2.92. The fraction of sp³-hybridized carbons (Fsp3) is 0.400. The molecule has 1 heterocycles. The Morgan fingerprint density at radius 3 is 2.67 bits per heavy atom. The SMILES string of the molecule is CC(C)(CNS(=O)(=O)c1ncccc1F)C(=O)O. The van der Waals surface area contributed by atoms with Gasteiger partial charge in [0.05, 0.1) is 5.41 Å². The lowest BCUT2D eigenvalue weighted by Crippen LogP contribution is -2.39. The molecule has 1 aromatic heterocycles. The van der Waals surface area contributed by atoms with Crippen LogP contribution in [0.4, 0.5) is 4.39 Å². The summed E-state index contributed by atoms with van der Waals surface area (Å²) in [6.07, 6.45) is 1.14. The maximum absolute atomic E-state index is 13.3. The van der Waals surface area contributed by atoms with Crippen molar-refractivity contribution in [3.63, 3.8) is 0 Å². The number of rotatable bonds is 5. The summed E-state index contributed by atoms with van der Waals surface area (Å²) in [6.45, 7) is 2.35. The third kappa shape index (κ3) is 3.23. The Bertz CT molecular complexity index is 557. The highest BCUT2D eigenvalue weighted by Crippen LogP contribution is 2.16. The summed E-state index contributed by atoms with van der Waals surface area (Å²) in [5.41, 5.74) is -1.29. The average Bonchev–Trinajstić information content (AvgIpc) is 2.27. The minimum atomic E-state index is -4.16. The number of halogens is 1. The minimum Gasteiger partial charge on any atom is -0.481 e. The summed E-state index contributed by atoms with van der Waals surface area (Å²) in [7, 11) is -4.16. The summed E-state index contributed by atoms with van der Waals surface area (Å²) < 4.78 is 38.7. The van der Waals surface area contributed by atoms with Crippen LogP contribution >= 0.6 is 0 Å². The van der Waals surface area contributed by atoms with Gasteiger partial charge in [0.2, 0.25) is 5.03 Å². The number of nitrogens with one attached hydrogen (secondary N) is 1. The van der Waals surface area contributed by atoms with Gasteiger partial charge in [0.25, 0.3) is 10.0 Å². The van der Waals surface area contributed by atoms with Crippen LogP contribution in [0.3, 0.4) is 0 Å². The summed E-state index contributed by atoms with van der Waals surface area (Å²) in [5, 5.41) is 8.09. The van der Waals surface area contributed by atoms with Gasteiger partial charge >= 0.3 is 5.97 Å². The van der Waals surface area contributed by atoms with Crippen LogP contribution in [0.2, 0.25) is 0 Å². The second-order valence-corrected chi connectivity index (χ2v) is 5.99. The molecule has 8 heteroatoms. The number of carboxylic acids is 1. The third-order valence-electron chi connectivity index (χ3n) is 2.26. The number of nitrogens with zero attached hydrogens (tertiary/aromatic N) is 1. The Hall–Kier alpha value is -1.54. The van der Waals surface area contributed by atoms with E-state index >= 15 is 0 Å². The molecule has 0 saturated heterocycles. The molecule has 0 amide bonds. The van der Waals surface area contributed by atoms with E-state index in [0.717, 1.165) is 12.3 Å². The Labute approximate surface area is 104 Å². The first-order valence-electron chi connectivity index (χ1n) is 5.00. The summed E-state index contributed by atoms with van der Waals surface area (Å²) in [4.78, 5) is 14.2. The lowest BCUT2D eigenvalue weighted by atomic mass is 9.95. The number of hydrogen-bond acceptors (Lipinski definition) is 4. The van der Waals surface area contributed by atoms with Gasteiger partial charge in [-0.1, -0.05) is 0 Å². The normalized spacial score (nSPS) is 12.4. The Morgan fingerprint density at radius 1 is 1.56 bits per heavy atom. The van der Waals surface area contributed by atoms with Crippen LogP contribution < -0.4 is 4.72 Å². The third-order valence-corrected chi connectivity index (χ3v) is 3.60. The van der Waals surface area contributed by atoms with Gasteiger partial charge in [-0.2, -0.15) is 0 Å². The van der Waals surface area contributed by atoms with Gasteiger partial charge in [-0.3, -0.25) is 4.79 Å². The number of hydrogen-bond donors (Lipinski definition) is 2. The van der Waals surface area contributed by atoms with Gasteiger partial charge in [-0.05, 0) is 26.0 Å². The van der Waals surface area contributed by atoms with Gasteiger partial charge in [-0.25, -0.2) is 22.5 Å². The molecule has 0 aliphatic heterocycles. The molecule has 0 aromatic carbocycles. The molecule has 0 fully saturated rings. The second-order valence-electron chi connectivity index (χ2n) is 4.30. The molecule has 100 valence electrons. The second kappa shape index (κ2) is 4.99. The van der Waals surface area contributed by atoms with Crippen LogP contribution in [0.5, 0.6) is 0 Å². The maximum atomic E-state index is 13.3. The first-order valence-corrected chi connectivity index (χ1v) is 6.49. The zero-order valence-corrected chi connectivity index (χ0v) is 10.7. The summed E-state index contributed by atoms with van der Waals surface area (Å²) in [5.74, 6) is -2.15. The smallest absolute Gasteiger partial charge is 0.310 e. The largest absolute Gasteiger partial charge is 0.481 e. The van der Waals surface area contributed by atoms with Crippen molar-refractivity contribution in [1.82, 2.24) is 9.71 Å². The molecule has 0 aliphatic carbocycles. The van der Waals surface area contributed by atoms with Gasteiger partial charge in [0, 0.05) is 12.7 Å². The molecule has 0 aliphatic rings. The topological polar surface area (TPSA) is 96.4 Å². The minimum absolute atomic E-state index is 0.360. The molecule has 0 spiro atoms. The maximum Gasteiger partial charge on any atom is 0.310 e. The summed E-state index contributed by atoms with van der Waals surface area (Å²) >= 11 is 0. The van der Waals surface area contributed by atoms with E-state index in [-0.39, 0.29) is 6.54 Å². The summed E-state index contributed by atoms with van der Waals surface area (Å²) in [6, 6.07) is 2.22. The van der Waals surface area contributed by atoms with Crippen molar-refractivity contribution in [2.24, 2.45) is 5.41 Å².